The van der Waals surface area contributed by atoms with Crippen molar-refractivity contribution in [2.45, 2.75) is 225 Å². The topological polar surface area (TPSA) is 175 Å². The summed E-state index contributed by atoms with van der Waals surface area (Å²) in [5.74, 6) is -3.28. The molecule has 0 radical (unpaired) electrons. The summed E-state index contributed by atoms with van der Waals surface area (Å²) >= 11 is 0. The van der Waals surface area contributed by atoms with Crippen molar-refractivity contribution in [1.29, 1.82) is 0 Å². The Bertz CT molecular complexity index is 1650. The van der Waals surface area contributed by atoms with Crippen LogP contribution in [0, 0.1) is 0 Å². The van der Waals surface area contributed by atoms with E-state index >= 15 is 0 Å². The first-order valence-electron chi connectivity index (χ1n) is 26.9. The Hall–Kier alpha value is -4.62. The Morgan fingerprint density at radius 1 is 0.479 bits per heavy atom. The number of carboxylic acids is 1. The van der Waals surface area contributed by atoms with Crippen LogP contribution in [0.4, 0.5) is 0 Å². The molecular weight excluding hydrogens is 901 g/mol. The third-order valence-electron chi connectivity index (χ3n) is 11.3. The minimum Gasteiger partial charge on any atom is -0.479 e. The summed E-state index contributed by atoms with van der Waals surface area (Å²) < 4.78 is 28.2. The lowest BCUT2D eigenvalue weighted by atomic mass is 9.98. The number of aliphatic carboxylic acids is 1. The maximum atomic E-state index is 13.1. The molecule has 1 aliphatic heterocycles. The van der Waals surface area contributed by atoms with Gasteiger partial charge in [-0.2, -0.15) is 0 Å². The van der Waals surface area contributed by atoms with E-state index in [1.54, 1.807) is 0 Å². The molecule has 0 aromatic heterocycles. The number of aliphatic hydroxyl groups excluding tert-OH is 2. The third kappa shape index (κ3) is 36.9. The number of hydrogen-bond acceptors (Lipinski definition) is 11. The SMILES string of the molecule is CC/C=C\C/C=C\C/C=C\C/C=C\C/C=C\CCCC(=O)OCC(COC1OC(C(=O)O)C(O)C(O)C1OC(=O)CCCCCCCCCCC)OC(=O)CCCC/C=C\C/C=C\C/C=C\C/C=C\CC. The molecule has 12 nitrogen and oxygen atoms in total. The summed E-state index contributed by atoms with van der Waals surface area (Å²) in [4.78, 5) is 50.8. The molecule has 0 aromatic rings. The van der Waals surface area contributed by atoms with Gasteiger partial charge in [-0.25, -0.2) is 4.79 Å². The molecule has 0 bridgehead atoms. The second-order valence-corrected chi connectivity index (χ2v) is 17.8. The van der Waals surface area contributed by atoms with E-state index in [4.69, 9.17) is 23.7 Å². The molecule has 3 N–H and O–H groups in total. The second kappa shape index (κ2) is 46.5. The van der Waals surface area contributed by atoms with Crippen LogP contribution >= 0.6 is 0 Å². The molecular formula is C59H92O12. The lowest BCUT2D eigenvalue weighted by Crippen LogP contribution is -2.61. The normalized spacial score (nSPS) is 19.4. The number of carbonyl (C=O) groups excluding carboxylic acids is 3. The average molecular weight is 993 g/mol. The Balaban J connectivity index is 2.79. The van der Waals surface area contributed by atoms with E-state index in [2.05, 4.69) is 118 Å². The predicted octanol–water partition coefficient (Wildman–Crippen LogP) is 13.1. The van der Waals surface area contributed by atoms with Gasteiger partial charge in [0.2, 0.25) is 0 Å². The van der Waals surface area contributed by atoms with Gasteiger partial charge in [-0.15, -0.1) is 0 Å². The van der Waals surface area contributed by atoms with Crippen LogP contribution < -0.4 is 0 Å². The Morgan fingerprint density at radius 2 is 0.901 bits per heavy atom. The van der Waals surface area contributed by atoms with Gasteiger partial charge in [0.1, 0.15) is 18.8 Å². The molecule has 1 aliphatic rings. The standard InChI is InChI=1S/C59H92O12/c1-4-7-10-13-16-19-21-23-25-26-28-29-31-34-36-39-42-45-51(60)67-48-50(69-52(61)46-43-40-38-35-32-30-27-24-22-20-17-14-11-8-5-2)49-68-59-57(55(64)54(63)56(71-59)58(65)66)70-53(62)47-44-41-37-33-18-15-12-9-6-3/h7-8,10-11,16-17,19-20,23-25,27-29,32,34-36,50,54-57,59,63-64H,4-6,9,12-15,18,21-22,26,30-31,33,37-49H2,1-3H3,(H,65,66)/b10-7-,11-8-,19-16-,20-17-,25-23-,27-24-,29-28-,35-32-,36-34-. The van der Waals surface area contributed by atoms with E-state index in [1.165, 1.54) is 25.7 Å². The monoisotopic (exact) mass is 993 g/mol. The average Bonchev–Trinajstić information content (AvgIpc) is 3.35. The van der Waals surface area contributed by atoms with Gasteiger partial charge in [-0.1, -0.05) is 182 Å². The molecule has 1 fully saturated rings. The van der Waals surface area contributed by atoms with Crippen molar-refractivity contribution in [3.63, 3.8) is 0 Å². The van der Waals surface area contributed by atoms with Gasteiger partial charge in [0, 0.05) is 19.3 Å². The minimum atomic E-state index is -1.92. The van der Waals surface area contributed by atoms with E-state index < -0.39 is 67.3 Å². The van der Waals surface area contributed by atoms with Crippen molar-refractivity contribution in [3.05, 3.63) is 109 Å². The number of allylic oxidation sites excluding steroid dienone is 18. The first-order chi connectivity index (χ1) is 34.6. The van der Waals surface area contributed by atoms with Gasteiger partial charge in [0.25, 0.3) is 0 Å². The quantitative estimate of drug-likeness (QED) is 0.0229. The van der Waals surface area contributed by atoms with Crippen LogP contribution in [0.3, 0.4) is 0 Å². The molecule has 12 heteroatoms. The molecule has 0 amide bonds. The molecule has 0 aliphatic carbocycles. The molecule has 400 valence electrons. The zero-order chi connectivity index (χ0) is 51.8. The number of unbranched alkanes of at least 4 members (excludes halogenated alkanes) is 11. The summed E-state index contributed by atoms with van der Waals surface area (Å²) in [5.41, 5.74) is 0. The summed E-state index contributed by atoms with van der Waals surface area (Å²) in [6.45, 7) is 5.61. The fraction of sp³-hybridized carbons (Fsp3) is 0.627. The number of carbonyl (C=O) groups is 4. The van der Waals surface area contributed by atoms with Crippen LogP contribution in [-0.2, 0) is 42.9 Å². The molecule has 1 heterocycles. The van der Waals surface area contributed by atoms with E-state index in [1.807, 2.05) is 12.2 Å². The molecule has 1 rings (SSSR count). The van der Waals surface area contributed by atoms with Crippen LogP contribution in [0.5, 0.6) is 0 Å². The van der Waals surface area contributed by atoms with Crippen molar-refractivity contribution in [2.75, 3.05) is 13.2 Å². The van der Waals surface area contributed by atoms with Crippen LogP contribution in [-0.4, -0.2) is 89.2 Å². The Morgan fingerprint density at radius 3 is 1.39 bits per heavy atom. The molecule has 0 saturated carbocycles. The minimum absolute atomic E-state index is 0.0454. The Labute approximate surface area is 427 Å². The highest BCUT2D eigenvalue weighted by Crippen LogP contribution is 2.26. The number of hydrogen-bond donors (Lipinski definition) is 3. The van der Waals surface area contributed by atoms with Gasteiger partial charge < -0.3 is 39.0 Å². The van der Waals surface area contributed by atoms with Gasteiger partial charge in [0.05, 0.1) is 6.61 Å². The van der Waals surface area contributed by atoms with Gasteiger partial charge in [0.15, 0.2) is 24.6 Å². The first-order valence-corrected chi connectivity index (χ1v) is 26.9. The van der Waals surface area contributed by atoms with Crippen LogP contribution in [0.1, 0.15) is 188 Å². The molecule has 6 unspecified atom stereocenters. The predicted molar refractivity (Wildman–Crippen MR) is 284 cm³/mol. The molecule has 1 saturated heterocycles. The van der Waals surface area contributed by atoms with Crippen LogP contribution in [0.25, 0.3) is 0 Å². The summed E-state index contributed by atoms with van der Waals surface area (Å²) in [6.07, 6.45) is 49.5. The zero-order valence-corrected chi connectivity index (χ0v) is 43.7. The maximum absolute atomic E-state index is 13.1. The zero-order valence-electron chi connectivity index (χ0n) is 43.7. The van der Waals surface area contributed by atoms with Crippen molar-refractivity contribution < 1.29 is 58.2 Å². The number of ether oxygens (including phenoxy) is 5. The van der Waals surface area contributed by atoms with Gasteiger partial charge in [-0.05, 0) is 96.3 Å². The fourth-order valence-corrected chi connectivity index (χ4v) is 7.27. The number of aliphatic hydroxyl groups is 2. The highest BCUT2D eigenvalue weighted by molar-refractivity contribution is 5.74. The lowest BCUT2D eigenvalue weighted by molar-refractivity contribution is -0.301. The Kier molecular flexibility index (Phi) is 42.1. The molecule has 0 aromatic carbocycles. The van der Waals surface area contributed by atoms with Crippen molar-refractivity contribution in [3.8, 4) is 0 Å². The third-order valence-corrected chi connectivity index (χ3v) is 11.3. The highest BCUT2D eigenvalue weighted by Gasteiger charge is 2.50. The fourth-order valence-electron chi connectivity index (χ4n) is 7.27. The van der Waals surface area contributed by atoms with E-state index in [0.717, 1.165) is 96.3 Å². The largest absolute Gasteiger partial charge is 0.479 e. The van der Waals surface area contributed by atoms with E-state index in [9.17, 15) is 34.5 Å². The van der Waals surface area contributed by atoms with E-state index in [0.29, 0.717) is 25.7 Å². The summed E-state index contributed by atoms with van der Waals surface area (Å²) in [6, 6.07) is 0. The maximum Gasteiger partial charge on any atom is 0.335 e. The van der Waals surface area contributed by atoms with Crippen molar-refractivity contribution in [1.82, 2.24) is 0 Å². The molecule has 6 atom stereocenters. The van der Waals surface area contributed by atoms with Crippen molar-refractivity contribution >= 4 is 23.9 Å². The number of esters is 3. The van der Waals surface area contributed by atoms with Gasteiger partial charge in [-0.3, -0.25) is 14.4 Å². The highest BCUT2D eigenvalue weighted by atomic mass is 16.7. The van der Waals surface area contributed by atoms with Crippen molar-refractivity contribution in [2.24, 2.45) is 0 Å². The van der Waals surface area contributed by atoms with E-state index in [-0.39, 0.29) is 25.9 Å². The molecule has 0 spiro atoms. The molecule has 71 heavy (non-hydrogen) atoms. The van der Waals surface area contributed by atoms with Gasteiger partial charge >= 0.3 is 23.9 Å². The smallest absolute Gasteiger partial charge is 0.335 e. The summed E-state index contributed by atoms with van der Waals surface area (Å²) in [7, 11) is 0. The van der Waals surface area contributed by atoms with Crippen LogP contribution in [0.2, 0.25) is 0 Å². The first kappa shape index (κ1) is 64.4. The lowest BCUT2D eigenvalue weighted by Gasteiger charge is -2.40. The number of carboxylic acid groups (broad SMARTS) is 1. The summed E-state index contributed by atoms with van der Waals surface area (Å²) in [5, 5.41) is 31.3. The second-order valence-electron chi connectivity index (χ2n) is 17.8. The van der Waals surface area contributed by atoms with Crippen LogP contribution in [0.15, 0.2) is 109 Å². The number of rotatable bonds is 43.